The highest BCUT2D eigenvalue weighted by molar-refractivity contribution is 9.10. The molecule has 0 aliphatic carbocycles. The topological polar surface area (TPSA) is 74.8 Å². The molecule has 0 fully saturated rings. The van der Waals surface area contributed by atoms with E-state index in [0.717, 1.165) is 6.07 Å². The normalized spacial score (nSPS) is 11.8. The lowest BCUT2D eigenvalue weighted by molar-refractivity contribution is 0.557. The van der Waals surface area contributed by atoms with Crippen LogP contribution in [0.5, 0.6) is 0 Å². The molecule has 0 saturated carbocycles. The molecule has 1 aromatic carbocycles. The number of hydrogen-bond acceptors (Lipinski definition) is 3. The number of benzene rings is 1. The van der Waals surface area contributed by atoms with E-state index in [1.807, 2.05) is 4.72 Å². The molecule has 2 N–H and O–H groups in total. The van der Waals surface area contributed by atoms with Crippen molar-refractivity contribution in [3.63, 3.8) is 0 Å². The first kappa shape index (κ1) is 16.2. The summed E-state index contributed by atoms with van der Waals surface area (Å²) in [5.41, 5.74) is 0.494. The van der Waals surface area contributed by atoms with Crippen molar-refractivity contribution >= 4 is 54.3 Å². The second kappa shape index (κ2) is 5.73. The largest absolute Gasteiger partial charge is 0.360 e. The second-order valence-electron chi connectivity index (χ2n) is 4.54. The lowest BCUT2D eigenvalue weighted by Gasteiger charge is -2.08. The summed E-state index contributed by atoms with van der Waals surface area (Å²) >= 11 is 8.60. The molecule has 0 spiro atoms. The van der Waals surface area contributed by atoms with E-state index in [-0.39, 0.29) is 9.37 Å². The molecular weight excluding hydrogens is 416 g/mol. The molecule has 0 aliphatic heterocycles. The first-order valence-electron chi connectivity index (χ1n) is 6.09. The van der Waals surface area contributed by atoms with Crippen molar-refractivity contribution in [2.45, 2.75) is 4.90 Å². The van der Waals surface area contributed by atoms with Crippen LogP contribution in [-0.2, 0) is 10.0 Å². The monoisotopic (exact) mass is 421 g/mol. The number of hydrogen-bond donors (Lipinski definition) is 2. The van der Waals surface area contributed by atoms with Gasteiger partial charge in [0, 0.05) is 22.1 Å². The number of sulfonamides is 1. The Morgan fingerprint density at radius 3 is 2.74 bits per heavy atom. The Balaban J connectivity index is 2.06. The molecule has 3 rings (SSSR count). The van der Waals surface area contributed by atoms with E-state index in [4.69, 9.17) is 11.6 Å². The number of anilines is 1. The van der Waals surface area contributed by atoms with E-state index in [9.17, 15) is 17.2 Å². The number of rotatable bonds is 3. The zero-order valence-corrected chi connectivity index (χ0v) is 14.2. The third-order valence-electron chi connectivity index (χ3n) is 3.01. The summed E-state index contributed by atoms with van der Waals surface area (Å²) in [6, 6.07) is 5.37. The van der Waals surface area contributed by atoms with Gasteiger partial charge in [0.15, 0.2) is 11.6 Å². The molecule has 10 heteroatoms. The van der Waals surface area contributed by atoms with E-state index in [2.05, 4.69) is 25.9 Å². The quantitative estimate of drug-likeness (QED) is 0.625. The van der Waals surface area contributed by atoms with Crippen LogP contribution in [0.25, 0.3) is 10.9 Å². The molecule has 0 bridgehead atoms. The number of halogens is 4. The minimum Gasteiger partial charge on any atom is -0.360 e. The van der Waals surface area contributed by atoms with Crippen LogP contribution >= 0.6 is 27.5 Å². The van der Waals surface area contributed by atoms with Crippen LogP contribution in [0, 0.1) is 11.8 Å². The lowest BCUT2D eigenvalue weighted by Crippen LogP contribution is -2.15. The predicted octanol–water partition coefficient (Wildman–Crippen LogP) is 4.06. The highest BCUT2D eigenvalue weighted by atomic mass is 79.9. The Hall–Kier alpha value is -1.71. The molecule has 0 unspecified atom stereocenters. The van der Waals surface area contributed by atoms with Gasteiger partial charge in [0.2, 0.25) is 5.95 Å². The van der Waals surface area contributed by atoms with Crippen molar-refractivity contribution in [2.24, 2.45) is 0 Å². The van der Waals surface area contributed by atoms with Crippen molar-refractivity contribution in [2.75, 3.05) is 4.72 Å². The Morgan fingerprint density at radius 2 is 2.00 bits per heavy atom. The third-order valence-corrected chi connectivity index (χ3v) is 5.18. The molecule has 23 heavy (non-hydrogen) atoms. The summed E-state index contributed by atoms with van der Waals surface area (Å²) in [5.74, 6) is -2.77. The summed E-state index contributed by atoms with van der Waals surface area (Å²) in [4.78, 5) is 5.88. The highest BCUT2D eigenvalue weighted by Crippen LogP contribution is 2.28. The molecule has 2 heterocycles. The maximum absolute atomic E-state index is 13.8. The van der Waals surface area contributed by atoms with Gasteiger partial charge in [-0.1, -0.05) is 11.6 Å². The summed E-state index contributed by atoms with van der Waals surface area (Å²) in [6.45, 7) is 0. The number of aromatic nitrogens is 2. The summed E-state index contributed by atoms with van der Waals surface area (Å²) < 4.78 is 53.7. The summed E-state index contributed by atoms with van der Waals surface area (Å²) in [7, 11) is -4.17. The molecule has 0 aliphatic rings. The number of nitrogens with zero attached hydrogens (tertiary/aromatic N) is 1. The van der Waals surface area contributed by atoms with E-state index in [1.54, 1.807) is 6.07 Å². The zero-order chi connectivity index (χ0) is 16.8. The SMILES string of the molecule is O=S(=O)(Nc1nc(F)c(Br)cc1F)c1c[nH]c2cc(Cl)ccc12. The van der Waals surface area contributed by atoms with Gasteiger partial charge in [-0.15, -0.1) is 0 Å². The van der Waals surface area contributed by atoms with Crippen molar-refractivity contribution in [1.29, 1.82) is 0 Å². The van der Waals surface area contributed by atoms with Gasteiger partial charge in [-0.2, -0.15) is 9.37 Å². The fourth-order valence-corrected chi connectivity index (χ4v) is 3.64. The fourth-order valence-electron chi connectivity index (χ4n) is 1.99. The van der Waals surface area contributed by atoms with Gasteiger partial charge in [-0.25, -0.2) is 12.8 Å². The summed E-state index contributed by atoms with van der Waals surface area (Å²) in [5, 5.41) is 0.791. The van der Waals surface area contributed by atoms with Crippen LogP contribution in [0.4, 0.5) is 14.6 Å². The average Bonchev–Trinajstić information content (AvgIpc) is 2.88. The van der Waals surface area contributed by atoms with Crippen LogP contribution in [0.2, 0.25) is 5.02 Å². The first-order chi connectivity index (χ1) is 10.8. The number of H-pyrrole nitrogens is 1. The van der Waals surface area contributed by atoms with Crippen molar-refractivity contribution in [3.05, 3.63) is 51.7 Å². The zero-order valence-electron chi connectivity index (χ0n) is 11.1. The van der Waals surface area contributed by atoms with Gasteiger partial charge in [0.25, 0.3) is 10.0 Å². The number of aromatic amines is 1. The highest BCUT2D eigenvalue weighted by Gasteiger charge is 2.22. The fraction of sp³-hybridized carbons (Fsp3) is 0. The molecule has 3 aromatic rings. The molecule has 0 saturated heterocycles. The van der Waals surface area contributed by atoms with Crippen LogP contribution in [0.1, 0.15) is 0 Å². The van der Waals surface area contributed by atoms with E-state index in [1.165, 1.54) is 18.3 Å². The molecule has 0 radical (unpaired) electrons. The standard InChI is InChI=1S/C13H7BrClF2N3O2S/c14-8-4-9(16)13(19-12(8)17)20-23(21,22)11-5-18-10-3-6(15)1-2-7(10)11/h1-5,18H,(H,19,20). The first-order valence-corrected chi connectivity index (χ1v) is 8.74. The minimum atomic E-state index is -4.17. The molecule has 0 atom stereocenters. The van der Waals surface area contributed by atoms with Gasteiger partial charge in [-0.05, 0) is 40.2 Å². The van der Waals surface area contributed by atoms with Crippen molar-refractivity contribution in [3.8, 4) is 0 Å². The van der Waals surface area contributed by atoms with Crippen molar-refractivity contribution < 1.29 is 17.2 Å². The molecule has 0 amide bonds. The molecule has 2 aromatic heterocycles. The molecular formula is C13H7BrClF2N3O2S. The van der Waals surface area contributed by atoms with Crippen LogP contribution in [-0.4, -0.2) is 18.4 Å². The van der Waals surface area contributed by atoms with Gasteiger partial charge in [-0.3, -0.25) is 4.72 Å². The van der Waals surface area contributed by atoms with Gasteiger partial charge < -0.3 is 4.98 Å². The average molecular weight is 423 g/mol. The summed E-state index contributed by atoms with van der Waals surface area (Å²) in [6.07, 6.45) is 1.23. The van der Waals surface area contributed by atoms with E-state index in [0.29, 0.717) is 15.9 Å². The maximum Gasteiger partial charge on any atom is 0.265 e. The van der Waals surface area contributed by atoms with Gasteiger partial charge >= 0.3 is 0 Å². The minimum absolute atomic E-state index is 0.131. The Morgan fingerprint density at radius 1 is 1.26 bits per heavy atom. The van der Waals surface area contributed by atoms with Gasteiger partial charge in [0.1, 0.15) is 4.90 Å². The lowest BCUT2D eigenvalue weighted by atomic mass is 10.2. The van der Waals surface area contributed by atoms with Crippen LogP contribution in [0.3, 0.4) is 0 Å². The predicted molar refractivity (Wildman–Crippen MR) is 86.0 cm³/mol. The van der Waals surface area contributed by atoms with E-state index < -0.39 is 27.6 Å². The second-order valence-corrected chi connectivity index (χ2v) is 7.48. The molecule has 120 valence electrons. The maximum atomic E-state index is 13.8. The Kier molecular flexibility index (Phi) is 4.03. The van der Waals surface area contributed by atoms with Crippen molar-refractivity contribution in [1.82, 2.24) is 9.97 Å². The van der Waals surface area contributed by atoms with Crippen LogP contribution in [0.15, 0.2) is 39.8 Å². The number of pyridine rings is 1. The molecule has 5 nitrogen and oxygen atoms in total. The Bertz CT molecular complexity index is 1020. The Labute approximate surface area is 142 Å². The third kappa shape index (κ3) is 3.04. The van der Waals surface area contributed by atoms with Crippen LogP contribution < -0.4 is 4.72 Å². The number of fused-ring (bicyclic) bond motifs is 1. The number of nitrogens with one attached hydrogen (secondary N) is 2. The van der Waals surface area contributed by atoms with Gasteiger partial charge in [0.05, 0.1) is 4.47 Å². The smallest absolute Gasteiger partial charge is 0.265 e. The van der Waals surface area contributed by atoms with E-state index >= 15 is 0 Å².